The number of aromatic nitrogens is 1. The molecule has 0 amide bonds. The Balaban J connectivity index is 2.09. The molecule has 6 heteroatoms. The molecule has 1 atom stereocenters. The van der Waals surface area contributed by atoms with E-state index < -0.39 is 0 Å². The Morgan fingerprint density at radius 2 is 2.00 bits per heavy atom. The van der Waals surface area contributed by atoms with E-state index in [1.54, 1.807) is 14.2 Å². The lowest BCUT2D eigenvalue weighted by Gasteiger charge is -2.19. The van der Waals surface area contributed by atoms with Gasteiger partial charge in [0.05, 0.1) is 37.7 Å². The summed E-state index contributed by atoms with van der Waals surface area (Å²) in [7, 11) is 3.23. The van der Waals surface area contributed by atoms with Crippen molar-refractivity contribution < 1.29 is 19.0 Å². The van der Waals surface area contributed by atoms with Crippen LogP contribution in [0.5, 0.6) is 11.5 Å². The monoisotopic (exact) mass is 344 g/mol. The van der Waals surface area contributed by atoms with Crippen LogP contribution in [-0.2, 0) is 16.0 Å². The molecule has 134 valence electrons. The number of hydrogen-bond donors (Lipinski definition) is 1. The average Bonchev–Trinajstić information content (AvgIpc) is 2.84. The van der Waals surface area contributed by atoms with Crippen LogP contribution in [0.4, 0.5) is 5.69 Å². The summed E-state index contributed by atoms with van der Waals surface area (Å²) in [4.78, 5) is 17.0. The molecule has 2 heterocycles. The predicted octanol–water partition coefficient (Wildman–Crippen LogP) is 3.24. The maximum Gasteiger partial charge on any atom is 0.328 e. The molecule has 1 aromatic carbocycles. The first-order valence-electron chi connectivity index (χ1n) is 8.57. The van der Waals surface area contributed by atoms with Crippen molar-refractivity contribution in [3.63, 3.8) is 0 Å². The summed E-state index contributed by atoms with van der Waals surface area (Å²) >= 11 is 0. The summed E-state index contributed by atoms with van der Waals surface area (Å²) in [5.74, 6) is 1.12. The number of benzene rings is 1. The number of ether oxygens (including phenoxy) is 3. The number of pyridine rings is 1. The van der Waals surface area contributed by atoms with Crippen molar-refractivity contribution in [2.45, 2.75) is 39.2 Å². The maximum atomic E-state index is 12.2. The molecule has 1 unspecified atom stereocenters. The second-order valence-electron chi connectivity index (χ2n) is 6.12. The minimum Gasteiger partial charge on any atom is -0.493 e. The van der Waals surface area contributed by atoms with Crippen LogP contribution in [0.2, 0.25) is 0 Å². The van der Waals surface area contributed by atoms with Gasteiger partial charge in [0.1, 0.15) is 6.04 Å². The SMILES string of the molecule is CCOC(=O)C1CCCc2nc3cc(OC)c(OC)cc3c(C)c2N1. The fourth-order valence-electron chi connectivity index (χ4n) is 3.33. The van der Waals surface area contributed by atoms with E-state index in [0.717, 1.165) is 47.1 Å². The highest BCUT2D eigenvalue weighted by atomic mass is 16.5. The number of carbonyl (C=O) groups excluding carboxylic acids is 1. The summed E-state index contributed by atoms with van der Waals surface area (Å²) in [5, 5.41) is 4.34. The van der Waals surface area contributed by atoms with Crippen molar-refractivity contribution in [3.05, 3.63) is 23.4 Å². The van der Waals surface area contributed by atoms with E-state index in [1.807, 2.05) is 26.0 Å². The van der Waals surface area contributed by atoms with E-state index in [9.17, 15) is 4.79 Å². The van der Waals surface area contributed by atoms with Gasteiger partial charge >= 0.3 is 5.97 Å². The van der Waals surface area contributed by atoms with E-state index in [2.05, 4.69) is 5.32 Å². The van der Waals surface area contributed by atoms with E-state index in [0.29, 0.717) is 18.1 Å². The van der Waals surface area contributed by atoms with Gasteiger partial charge in [-0.25, -0.2) is 4.79 Å². The van der Waals surface area contributed by atoms with Crippen molar-refractivity contribution >= 4 is 22.6 Å². The van der Waals surface area contributed by atoms with Gasteiger partial charge in [-0.1, -0.05) is 0 Å². The van der Waals surface area contributed by atoms with Crippen molar-refractivity contribution in [2.75, 3.05) is 26.1 Å². The standard InChI is InChI=1S/C19H24N2O4/c1-5-25-19(22)14-8-6-7-13-18(21-14)11(2)12-9-16(23-3)17(24-4)10-15(12)20-13/h9-10,14,21H,5-8H2,1-4H3. The van der Waals surface area contributed by atoms with Crippen LogP contribution in [0.3, 0.4) is 0 Å². The average molecular weight is 344 g/mol. The van der Waals surface area contributed by atoms with Crippen LogP contribution < -0.4 is 14.8 Å². The predicted molar refractivity (Wildman–Crippen MR) is 96.6 cm³/mol. The van der Waals surface area contributed by atoms with Crippen molar-refractivity contribution in [1.29, 1.82) is 0 Å². The molecule has 0 saturated heterocycles. The minimum absolute atomic E-state index is 0.206. The van der Waals surface area contributed by atoms with Crippen molar-refractivity contribution in [2.24, 2.45) is 0 Å². The first kappa shape index (κ1) is 17.3. The van der Waals surface area contributed by atoms with Gasteiger partial charge in [-0.05, 0) is 44.7 Å². The number of esters is 1. The normalized spacial score (nSPS) is 16.6. The number of rotatable bonds is 4. The Bertz CT molecular complexity index is 804. The minimum atomic E-state index is -0.334. The summed E-state index contributed by atoms with van der Waals surface area (Å²) in [5.41, 5.74) is 3.82. The number of nitrogens with zero attached hydrogens (tertiary/aromatic N) is 1. The van der Waals surface area contributed by atoms with E-state index >= 15 is 0 Å². The zero-order valence-electron chi connectivity index (χ0n) is 15.1. The molecular formula is C19H24N2O4. The molecule has 0 fully saturated rings. The zero-order chi connectivity index (χ0) is 18.0. The Hall–Kier alpha value is -2.50. The fourth-order valence-corrected chi connectivity index (χ4v) is 3.33. The molecule has 0 spiro atoms. The van der Waals surface area contributed by atoms with Gasteiger partial charge < -0.3 is 19.5 Å². The Labute approximate surface area is 147 Å². The van der Waals surface area contributed by atoms with Crippen molar-refractivity contribution in [3.8, 4) is 11.5 Å². The highest BCUT2D eigenvalue weighted by molar-refractivity contribution is 5.91. The smallest absolute Gasteiger partial charge is 0.328 e. The number of nitrogens with one attached hydrogen (secondary N) is 1. The third-order valence-electron chi connectivity index (χ3n) is 4.62. The van der Waals surface area contributed by atoms with Gasteiger partial charge in [-0.3, -0.25) is 4.98 Å². The largest absolute Gasteiger partial charge is 0.493 e. The molecule has 0 aliphatic carbocycles. The Kier molecular flexibility index (Phi) is 4.97. The van der Waals surface area contributed by atoms with Gasteiger partial charge in [0.25, 0.3) is 0 Å². The molecule has 0 bridgehead atoms. The molecule has 0 radical (unpaired) electrons. The third-order valence-corrected chi connectivity index (χ3v) is 4.62. The van der Waals surface area contributed by atoms with E-state index in [1.165, 1.54) is 0 Å². The lowest BCUT2D eigenvalue weighted by atomic mass is 10.0. The highest BCUT2D eigenvalue weighted by Gasteiger charge is 2.26. The molecule has 1 aliphatic rings. The van der Waals surface area contributed by atoms with Gasteiger partial charge in [-0.2, -0.15) is 0 Å². The number of carbonyl (C=O) groups is 1. The van der Waals surface area contributed by atoms with Gasteiger partial charge in [0, 0.05) is 11.5 Å². The number of aryl methyl sites for hydroxylation is 2. The lowest BCUT2D eigenvalue weighted by molar-refractivity contribution is -0.144. The zero-order valence-corrected chi connectivity index (χ0v) is 15.1. The van der Waals surface area contributed by atoms with Crippen LogP contribution in [0, 0.1) is 6.92 Å². The second kappa shape index (κ2) is 7.17. The first-order chi connectivity index (χ1) is 12.1. The second-order valence-corrected chi connectivity index (χ2v) is 6.12. The quantitative estimate of drug-likeness (QED) is 0.859. The summed E-state index contributed by atoms with van der Waals surface area (Å²) in [6.07, 6.45) is 2.44. The lowest BCUT2D eigenvalue weighted by Crippen LogP contribution is -2.31. The van der Waals surface area contributed by atoms with Gasteiger partial charge in [0.2, 0.25) is 0 Å². The first-order valence-corrected chi connectivity index (χ1v) is 8.57. The molecule has 25 heavy (non-hydrogen) atoms. The summed E-state index contributed by atoms with van der Waals surface area (Å²) < 4.78 is 16.0. The van der Waals surface area contributed by atoms with E-state index in [-0.39, 0.29) is 12.0 Å². The van der Waals surface area contributed by atoms with Gasteiger partial charge in [0.15, 0.2) is 11.5 Å². The number of anilines is 1. The van der Waals surface area contributed by atoms with Crippen LogP contribution in [0.15, 0.2) is 12.1 Å². The molecular weight excluding hydrogens is 320 g/mol. The Morgan fingerprint density at radius 1 is 1.28 bits per heavy atom. The summed E-state index contributed by atoms with van der Waals surface area (Å²) in [6.45, 7) is 4.24. The summed E-state index contributed by atoms with van der Waals surface area (Å²) in [6, 6.07) is 3.50. The molecule has 1 N–H and O–H groups in total. The maximum absolute atomic E-state index is 12.2. The third kappa shape index (κ3) is 3.21. The molecule has 0 saturated carbocycles. The van der Waals surface area contributed by atoms with Crippen LogP contribution in [0.1, 0.15) is 31.0 Å². The van der Waals surface area contributed by atoms with E-state index in [4.69, 9.17) is 19.2 Å². The van der Waals surface area contributed by atoms with Crippen LogP contribution in [0.25, 0.3) is 10.9 Å². The fraction of sp³-hybridized carbons (Fsp3) is 0.474. The number of hydrogen-bond acceptors (Lipinski definition) is 6. The van der Waals surface area contributed by atoms with Crippen LogP contribution >= 0.6 is 0 Å². The number of methoxy groups -OCH3 is 2. The molecule has 2 aromatic rings. The highest BCUT2D eigenvalue weighted by Crippen LogP contribution is 2.37. The molecule has 1 aliphatic heterocycles. The van der Waals surface area contributed by atoms with Crippen molar-refractivity contribution in [1.82, 2.24) is 4.98 Å². The van der Waals surface area contributed by atoms with Crippen LogP contribution in [-0.4, -0.2) is 37.8 Å². The molecule has 3 rings (SSSR count). The topological polar surface area (TPSA) is 69.7 Å². The Morgan fingerprint density at radius 3 is 2.68 bits per heavy atom. The van der Waals surface area contributed by atoms with Gasteiger partial charge in [-0.15, -0.1) is 0 Å². The molecule has 6 nitrogen and oxygen atoms in total. The number of fused-ring (bicyclic) bond motifs is 2. The molecule has 1 aromatic heterocycles.